The number of benzene rings is 3. The summed E-state index contributed by atoms with van der Waals surface area (Å²) in [5.74, 6) is -1.57. The Hall–Kier alpha value is -4.19. The van der Waals surface area contributed by atoms with Gasteiger partial charge in [0.25, 0.3) is 0 Å². The Bertz CT molecular complexity index is 1060. The maximum absolute atomic E-state index is 12.7. The van der Waals surface area contributed by atoms with Gasteiger partial charge in [0.15, 0.2) is 0 Å². The summed E-state index contributed by atoms with van der Waals surface area (Å²) in [6, 6.07) is 20.8. The monoisotopic (exact) mass is 402 g/mol. The van der Waals surface area contributed by atoms with Crippen LogP contribution in [0.3, 0.4) is 0 Å². The van der Waals surface area contributed by atoms with E-state index in [9.17, 15) is 14.4 Å². The van der Waals surface area contributed by atoms with Crippen LogP contribution in [0.1, 0.15) is 31.1 Å². The standard InChI is InChI=1S/C24H18O6/c1-2-15-28-23(26)20-14-13-17(22(25)29-18-9-5-3-6-10-18)16-21(20)24(27)30-19-11-7-4-8-12-19/h2-14,16H,1,15H2. The first-order chi connectivity index (χ1) is 14.6. The fourth-order valence-corrected chi connectivity index (χ4v) is 2.54. The number of hydrogen-bond donors (Lipinski definition) is 0. The van der Waals surface area contributed by atoms with E-state index in [1.807, 2.05) is 0 Å². The predicted octanol–water partition coefficient (Wildman–Crippen LogP) is 4.47. The molecule has 6 heteroatoms. The van der Waals surface area contributed by atoms with Crippen molar-refractivity contribution in [3.63, 3.8) is 0 Å². The molecule has 3 aromatic carbocycles. The molecule has 0 fully saturated rings. The van der Waals surface area contributed by atoms with Crippen molar-refractivity contribution in [3.8, 4) is 11.5 Å². The van der Waals surface area contributed by atoms with E-state index in [-0.39, 0.29) is 23.3 Å². The van der Waals surface area contributed by atoms with Gasteiger partial charge in [-0.2, -0.15) is 0 Å². The zero-order valence-electron chi connectivity index (χ0n) is 15.9. The smallest absolute Gasteiger partial charge is 0.344 e. The largest absolute Gasteiger partial charge is 0.458 e. The van der Waals surface area contributed by atoms with E-state index in [0.29, 0.717) is 11.5 Å². The quantitative estimate of drug-likeness (QED) is 0.330. The van der Waals surface area contributed by atoms with E-state index < -0.39 is 17.9 Å². The minimum atomic E-state index is -0.805. The third-order valence-electron chi connectivity index (χ3n) is 3.93. The van der Waals surface area contributed by atoms with Gasteiger partial charge in [-0.15, -0.1) is 0 Å². The van der Waals surface area contributed by atoms with Crippen LogP contribution in [0.5, 0.6) is 11.5 Å². The predicted molar refractivity (Wildman–Crippen MR) is 110 cm³/mol. The average Bonchev–Trinajstić information content (AvgIpc) is 2.78. The highest BCUT2D eigenvalue weighted by Gasteiger charge is 2.23. The van der Waals surface area contributed by atoms with Gasteiger partial charge in [0, 0.05) is 0 Å². The van der Waals surface area contributed by atoms with Gasteiger partial charge in [0.1, 0.15) is 18.1 Å². The van der Waals surface area contributed by atoms with Crippen LogP contribution >= 0.6 is 0 Å². The molecule has 150 valence electrons. The highest BCUT2D eigenvalue weighted by Crippen LogP contribution is 2.19. The molecule has 0 amide bonds. The van der Waals surface area contributed by atoms with Gasteiger partial charge in [-0.05, 0) is 42.5 Å². The third kappa shape index (κ3) is 5.20. The summed E-state index contributed by atoms with van der Waals surface area (Å²) in [6.45, 7) is 3.46. The van der Waals surface area contributed by atoms with Crippen LogP contribution in [0.25, 0.3) is 0 Å². The van der Waals surface area contributed by atoms with E-state index in [1.54, 1.807) is 60.7 Å². The van der Waals surface area contributed by atoms with Crippen LogP contribution in [-0.2, 0) is 4.74 Å². The number of ether oxygens (including phenoxy) is 3. The summed E-state index contributed by atoms with van der Waals surface area (Å²) in [7, 11) is 0. The summed E-state index contributed by atoms with van der Waals surface area (Å²) >= 11 is 0. The highest BCUT2D eigenvalue weighted by molar-refractivity contribution is 6.06. The first-order valence-corrected chi connectivity index (χ1v) is 9.05. The summed E-state index contributed by atoms with van der Waals surface area (Å²) in [5.41, 5.74) is -0.0661. The van der Waals surface area contributed by atoms with Gasteiger partial charge in [-0.1, -0.05) is 49.1 Å². The molecular weight excluding hydrogens is 384 g/mol. The third-order valence-corrected chi connectivity index (χ3v) is 3.93. The molecule has 0 N–H and O–H groups in total. The molecule has 0 radical (unpaired) electrons. The fraction of sp³-hybridized carbons (Fsp3) is 0.0417. The Balaban J connectivity index is 1.91. The lowest BCUT2D eigenvalue weighted by Crippen LogP contribution is -2.18. The molecule has 0 bridgehead atoms. The van der Waals surface area contributed by atoms with E-state index in [4.69, 9.17) is 14.2 Å². The van der Waals surface area contributed by atoms with E-state index in [0.717, 1.165) is 0 Å². The molecule has 0 atom stereocenters. The van der Waals surface area contributed by atoms with Gasteiger partial charge in [0.2, 0.25) is 0 Å². The van der Waals surface area contributed by atoms with E-state index >= 15 is 0 Å². The molecular formula is C24H18O6. The van der Waals surface area contributed by atoms with Crippen molar-refractivity contribution in [2.75, 3.05) is 6.61 Å². The van der Waals surface area contributed by atoms with Crippen LogP contribution in [0.15, 0.2) is 91.5 Å². The molecule has 0 aliphatic heterocycles. The van der Waals surface area contributed by atoms with Crippen molar-refractivity contribution in [3.05, 3.63) is 108 Å². The maximum Gasteiger partial charge on any atom is 0.344 e. The molecule has 3 aromatic rings. The van der Waals surface area contributed by atoms with Crippen molar-refractivity contribution in [2.45, 2.75) is 0 Å². The first-order valence-electron chi connectivity index (χ1n) is 9.05. The van der Waals surface area contributed by atoms with Crippen LogP contribution in [-0.4, -0.2) is 24.5 Å². The second-order valence-corrected chi connectivity index (χ2v) is 6.05. The molecule has 3 rings (SSSR count). The fourth-order valence-electron chi connectivity index (χ4n) is 2.54. The Morgan fingerprint density at radius 2 is 1.27 bits per heavy atom. The number of carbonyl (C=O) groups excluding carboxylic acids is 3. The van der Waals surface area contributed by atoms with Gasteiger partial charge in [-0.3, -0.25) is 0 Å². The second kappa shape index (κ2) is 9.84. The van der Waals surface area contributed by atoms with Crippen molar-refractivity contribution < 1.29 is 28.6 Å². The molecule has 0 aliphatic carbocycles. The van der Waals surface area contributed by atoms with Gasteiger partial charge >= 0.3 is 17.9 Å². The summed E-state index contributed by atoms with van der Waals surface area (Å²) in [6.07, 6.45) is 1.41. The van der Waals surface area contributed by atoms with Crippen LogP contribution in [0, 0.1) is 0 Å². The Labute approximate surface area is 173 Å². The highest BCUT2D eigenvalue weighted by atomic mass is 16.5. The molecule has 0 spiro atoms. The maximum atomic E-state index is 12.7. The van der Waals surface area contributed by atoms with Crippen molar-refractivity contribution in [1.82, 2.24) is 0 Å². The minimum Gasteiger partial charge on any atom is -0.458 e. The van der Waals surface area contributed by atoms with Gasteiger partial charge in [-0.25, -0.2) is 14.4 Å². The van der Waals surface area contributed by atoms with Crippen LogP contribution < -0.4 is 9.47 Å². The zero-order valence-corrected chi connectivity index (χ0v) is 15.9. The normalized spacial score (nSPS) is 10.0. The van der Waals surface area contributed by atoms with Crippen LogP contribution in [0.4, 0.5) is 0 Å². The molecule has 0 saturated carbocycles. The summed E-state index contributed by atoms with van der Waals surface area (Å²) in [4.78, 5) is 37.6. The number of para-hydroxylation sites is 2. The van der Waals surface area contributed by atoms with Crippen LogP contribution in [0.2, 0.25) is 0 Å². The van der Waals surface area contributed by atoms with Crippen molar-refractivity contribution in [1.29, 1.82) is 0 Å². The van der Waals surface area contributed by atoms with Gasteiger partial charge in [0.05, 0.1) is 16.7 Å². The molecule has 6 nitrogen and oxygen atoms in total. The molecule has 30 heavy (non-hydrogen) atoms. The lowest BCUT2D eigenvalue weighted by Gasteiger charge is -2.11. The topological polar surface area (TPSA) is 78.9 Å². The summed E-state index contributed by atoms with van der Waals surface area (Å²) in [5, 5.41) is 0. The van der Waals surface area contributed by atoms with E-state index in [1.165, 1.54) is 24.3 Å². The molecule has 0 unspecified atom stereocenters. The minimum absolute atomic E-state index is 0.0240. The summed E-state index contributed by atoms with van der Waals surface area (Å²) < 4.78 is 15.7. The first kappa shape index (κ1) is 20.5. The Kier molecular flexibility index (Phi) is 6.74. The number of esters is 3. The molecule has 0 aliphatic rings. The molecule has 0 saturated heterocycles. The number of carbonyl (C=O) groups is 3. The zero-order chi connectivity index (χ0) is 21.3. The lowest BCUT2D eigenvalue weighted by molar-refractivity contribution is 0.0538. The lowest BCUT2D eigenvalue weighted by atomic mass is 10.0. The molecule has 0 aromatic heterocycles. The molecule has 0 heterocycles. The van der Waals surface area contributed by atoms with E-state index in [2.05, 4.69) is 6.58 Å². The van der Waals surface area contributed by atoms with Crippen molar-refractivity contribution >= 4 is 17.9 Å². The number of hydrogen-bond acceptors (Lipinski definition) is 6. The average molecular weight is 402 g/mol. The van der Waals surface area contributed by atoms with Crippen molar-refractivity contribution in [2.24, 2.45) is 0 Å². The van der Waals surface area contributed by atoms with Gasteiger partial charge < -0.3 is 14.2 Å². The Morgan fingerprint density at radius 3 is 1.83 bits per heavy atom. The second-order valence-electron chi connectivity index (χ2n) is 6.05. The Morgan fingerprint density at radius 1 is 0.700 bits per heavy atom. The SMILES string of the molecule is C=CCOC(=O)c1ccc(C(=O)Oc2ccccc2)cc1C(=O)Oc1ccccc1. The number of rotatable bonds is 7.